The Bertz CT molecular complexity index is 331. The molecular formula is C11H18N2OS. The van der Waals surface area contributed by atoms with Crippen LogP contribution in [0.5, 0.6) is 0 Å². The van der Waals surface area contributed by atoms with Crippen molar-refractivity contribution in [2.45, 2.75) is 32.7 Å². The number of hydrogen-bond acceptors (Lipinski definition) is 4. The number of ether oxygens (including phenoxy) is 1. The lowest BCUT2D eigenvalue weighted by molar-refractivity contribution is 0.181. The van der Waals surface area contributed by atoms with E-state index in [1.54, 1.807) is 11.3 Å². The van der Waals surface area contributed by atoms with Crippen molar-refractivity contribution in [3.05, 3.63) is 15.6 Å². The van der Waals surface area contributed by atoms with Crippen LogP contribution in [0.2, 0.25) is 0 Å². The van der Waals surface area contributed by atoms with E-state index in [4.69, 9.17) is 10.5 Å². The van der Waals surface area contributed by atoms with Crippen LogP contribution in [0.4, 0.5) is 0 Å². The third-order valence-corrected chi connectivity index (χ3v) is 4.12. The smallest absolute Gasteiger partial charge is 0.110 e. The Hall–Kier alpha value is -0.450. The molecule has 0 aliphatic carbocycles. The van der Waals surface area contributed by atoms with Crippen LogP contribution in [0.15, 0.2) is 0 Å². The maximum atomic E-state index is 6.21. The topological polar surface area (TPSA) is 48.1 Å². The highest BCUT2D eigenvalue weighted by Crippen LogP contribution is 2.30. The quantitative estimate of drug-likeness (QED) is 0.858. The Morgan fingerprint density at radius 1 is 1.67 bits per heavy atom. The SMILES string of the molecule is CCc1nc(C(N)C2CCOC2)sc1C. The molecule has 0 spiro atoms. The third-order valence-electron chi connectivity index (χ3n) is 3.00. The summed E-state index contributed by atoms with van der Waals surface area (Å²) < 4.78 is 5.36. The van der Waals surface area contributed by atoms with E-state index in [9.17, 15) is 0 Å². The standard InChI is InChI=1S/C11H18N2OS/c1-3-9-7(2)15-11(13-9)10(12)8-4-5-14-6-8/h8,10H,3-6,12H2,1-2H3. The Morgan fingerprint density at radius 3 is 3.00 bits per heavy atom. The monoisotopic (exact) mass is 226 g/mol. The number of hydrogen-bond donors (Lipinski definition) is 1. The van der Waals surface area contributed by atoms with Crippen molar-refractivity contribution in [2.24, 2.45) is 11.7 Å². The molecule has 1 aromatic rings. The highest BCUT2D eigenvalue weighted by molar-refractivity contribution is 7.11. The van der Waals surface area contributed by atoms with E-state index in [0.29, 0.717) is 5.92 Å². The van der Waals surface area contributed by atoms with Gasteiger partial charge >= 0.3 is 0 Å². The van der Waals surface area contributed by atoms with Crippen LogP contribution in [0.25, 0.3) is 0 Å². The van der Waals surface area contributed by atoms with Gasteiger partial charge in [-0.25, -0.2) is 4.98 Å². The predicted octanol–water partition coefficient (Wildman–Crippen LogP) is 2.05. The fourth-order valence-corrected chi connectivity index (χ4v) is 3.06. The molecule has 4 heteroatoms. The molecule has 2 atom stereocenters. The Morgan fingerprint density at radius 2 is 2.47 bits per heavy atom. The molecule has 84 valence electrons. The van der Waals surface area contributed by atoms with E-state index in [0.717, 1.165) is 31.1 Å². The molecular weight excluding hydrogens is 208 g/mol. The first-order valence-electron chi connectivity index (χ1n) is 5.52. The summed E-state index contributed by atoms with van der Waals surface area (Å²) in [7, 11) is 0. The number of thiazole rings is 1. The van der Waals surface area contributed by atoms with Gasteiger partial charge in [0, 0.05) is 17.4 Å². The lowest BCUT2D eigenvalue weighted by Gasteiger charge is -2.14. The molecule has 1 aliphatic rings. The van der Waals surface area contributed by atoms with E-state index in [1.165, 1.54) is 10.6 Å². The number of aromatic nitrogens is 1. The molecule has 2 N–H and O–H groups in total. The van der Waals surface area contributed by atoms with Crippen molar-refractivity contribution in [2.75, 3.05) is 13.2 Å². The Kier molecular flexibility index (Phi) is 3.38. The molecule has 0 saturated carbocycles. The van der Waals surface area contributed by atoms with Gasteiger partial charge in [-0.1, -0.05) is 6.92 Å². The minimum absolute atomic E-state index is 0.0662. The van der Waals surface area contributed by atoms with Crippen LogP contribution >= 0.6 is 11.3 Å². The second-order valence-electron chi connectivity index (χ2n) is 4.06. The number of aryl methyl sites for hydroxylation is 2. The largest absolute Gasteiger partial charge is 0.381 e. The fraction of sp³-hybridized carbons (Fsp3) is 0.727. The van der Waals surface area contributed by atoms with Gasteiger partial charge in [0.15, 0.2) is 0 Å². The Labute approximate surface area is 94.7 Å². The van der Waals surface area contributed by atoms with Gasteiger partial charge in [-0.05, 0) is 19.8 Å². The number of nitrogens with two attached hydrogens (primary N) is 1. The summed E-state index contributed by atoms with van der Waals surface area (Å²) >= 11 is 1.74. The zero-order valence-corrected chi connectivity index (χ0v) is 10.1. The molecule has 0 aromatic carbocycles. The summed E-state index contributed by atoms with van der Waals surface area (Å²) in [6.45, 7) is 5.90. The molecule has 15 heavy (non-hydrogen) atoms. The summed E-state index contributed by atoms with van der Waals surface area (Å²) in [5.74, 6) is 0.459. The summed E-state index contributed by atoms with van der Waals surface area (Å²) in [6.07, 6.45) is 2.07. The van der Waals surface area contributed by atoms with Gasteiger partial charge < -0.3 is 10.5 Å². The van der Waals surface area contributed by atoms with Crippen LogP contribution in [-0.4, -0.2) is 18.2 Å². The highest BCUT2D eigenvalue weighted by Gasteiger charge is 2.26. The van der Waals surface area contributed by atoms with Gasteiger partial charge in [0.1, 0.15) is 5.01 Å². The van der Waals surface area contributed by atoms with E-state index >= 15 is 0 Å². The highest BCUT2D eigenvalue weighted by atomic mass is 32.1. The minimum Gasteiger partial charge on any atom is -0.381 e. The molecule has 1 aromatic heterocycles. The van der Waals surface area contributed by atoms with E-state index in [1.807, 2.05) is 0 Å². The summed E-state index contributed by atoms with van der Waals surface area (Å²) in [4.78, 5) is 5.92. The van der Waals surface area contributed by atoms with Crippen LogP contribution in [-0.2, 0) is 11.2 Å². The molecule has 2 rings (SSSR count). The van der Waals surface area contributed by atoms with Gasteiger partial charge in [-0.2, -0.15) is 0 Å². The van der Waals surface area contributed by atoms with Crippen LogP contribution < -0.4 is 5.73 Å². The fourth-order valence-electron chi connectivity index (χ4n) is 1.96. The molecule has 0 radical (unpaired) electrons. The van der Waals surface area contributed by atoms with Crippen molar-refractivity contribution in [3.63, 3.8) is 0 Å². The average molecular weight is 226 g/mol. The lowest BCUT2D eigenvalue weighted by atomic mass is 10.0. The average Bonchev–Trinajstić information content (AvgIpc) is 2.85. The molecule has 3 nitrogen and oxygen atoms in total. The summed E-state index contributed by atoms with van der Waals surface area (Å²) in [5.41, 5.74) is 7.40. The van der Waals surface area contributed by atoms with Gasteiger partial charge in [-0.15, -0.1) is 11.3 Å². The maximum Gasteiger partial charge on any atom is 0.110 e. The minimum atomic E-state index is 0.0662. The van der Waals surface area contributed by atoms with Gasteiger partial charge in [-0.3, -0.25) is 0 Å². The Balaban J connectivity index is 2.13. The van der Waals surface area contributed by atoms with Crippen LogP contribution in [0, 0.1) is 12.8 Å². The van der Waals surface area contributed by atoms with E-state index in [-0.39, 0.29) is 6.04 Å². The normalized spacial score (nSPS) is 23.3. The molecule has 0 amide bonds. The predicted molar refractivity (Wildman–Crippen MR) is 62.1 cm³/mol. The van der Waals surface area contributed by atoms with Gasteiger partial charge in [0.2, 0.25) is 0 Å². The zero-order valence-electron chi connectivity index (χ0n) is 9.32. The lowest BCUT2D eigenvalue weighted by Crippen LogP contribution is -2.21. The van der Waals surface area contributed by atoms with Crippen molar-refractivity contribution in [1.29, 1.82) is 0 Å². The first-order valence-corrected chi connectivity index (χ1v) is 6.33. The van der Waals surface area contributed by atoms with E-state index < -0.39 is 0 Å². The van der Waals surface area contributed by atoms with Crippen LogP contribution in [0.3, 0.4) is 0 Å². The zero-order chi connectivity index (χ0) is 10.8. The van der Waals surface area contributed by atoms with Crippen molar-refractivity contribution in [1.82, 2.24) is 4.98 Å². The second-order valence-corrected chi connectivity index (χ2v) is 5.29. The molecule has 1 fully saturated rings. The second kappa shape index (κ2) is 4.60. The molecule has 1 saturated heterocycles. The van der Waals surface area contributed by atoms with Gasteiger partial charge in [0.25, 0.3) is 0 Å². The summed E-state index contributed by atoms with van der Waals surface area (Å²) in [5, 5.41) is 1.08. The third kappa shape index (κ3) is 2.22. The number of rotatable bonds is 3. The van der Waals surface area contributed by atoms with Crippen molar-refractivity contribution in [3.8, 4) is 0 Å². The maximum absolute atomic E-state index is 6.21. The number of nitrogens with zero attached hydrogens (tertiary/aromatic N) is 1. The summed E-state index contributed by atoms with van der Waals surface area (Å²) in [6, 6.07) is 0.0662. The molecule has 2 unspecified atom stereocenters. The molecule has 1 aliphatic heterocycles. The van der Waals surface area contributed by atoms with Crippen molar-refractivity contribution >= 4 is 11.3 Å². The molecule has 0 bridgehead atoms. The first-order chi connectivity index (χ1) is 7.22. The van der Waals surface area contributed by atoms with Crippen LogP contribution in [0.1, 0.15) is 35.0 Å². The van der Waals surface area contributed by atoms with E-state index in [2.05, 4.69) is 18.8 Å². The first kappa shape index (κ1) is 11.0. The van der Waals surface area contributed by atoms with Gasteiger partial charge in [0.05, 0.1) is 18.3 Å². The molecule has 2 heterocycles. The van der Waals surface area contributed by atoms with Crippen molar-refractivity contribution < 1.29 is 4.74 Å².